The fourth-order valence-corrected chi connectivity index (χ4v) is 3.67. The maximum atomic E-state index is 12.9. The molecule has 1 aromatic carbocycles. The van der Waals surface area contributed by atoms with Crippen molar-refractivity contribution in [3.8, 4) is 0 Å². The van der Waals surface area contributed by atoms with Gasteiger partial charge in [-0.1, -0.05) is 43.6 Å². The molecular formula is C22H29ClN2O4. The lowest BCUT2D eigenvalue weighted by atomic mass is 9.83. The predicted molar refractivity (Wildman–Crippen MR) is 112 cm³/mol. The number of esters is 1. The van der Waals surface area contributed by atoms with Crippen molar-refractivity contribution >= 4 is 29.4 Å². The third-order valence-electron chi connectivity index (χ3n) is 4.94. The Labute approximate surface area is 177 Å². The number of rotatable bonds is 8. The molecule has 1 aliphatic rings. The molecule has 7 heteroatoms. The molecule has 0 aromatic heterocycles. The first-order chi connectivity index (χ1) is 13.8. The summed E-state index contributed by atoms with van der Waals surface area (Å²) in [6.45, 7) is 8.20. The summed E-state index contributed by atoms with van der Waals surface area (Å²) in [5.41, 5.74) is 1.50. The fourth-order valence-electron chi connectivity index (χ4n) is 3.40. The van der Waals surface area contributed by atoms with Gasteiger partial charge in [0.1, 0.15) is 6.54 Å². The second-order valence-electron chi connectivity index (χ2n) is 7.51. The van der Waals surface area contributed by atoms with Crippen LogP contribution in [0.3, 0.4) is 0 Å². The second kappa shape index (κ2) is 10.4. The van der Waals surface area contributed by atoms with Gasteiger partial charge in [-0.25, -0.2) is 4.79 Å². The zero-order chi connectivity index (χ0) is 21.6. The van der Waals surface area contributed by atoms with Crippen LogP contribution in [0.25, 0.3) is 0 Å². The number of carbonyl (C=O) groups is 3. The highest BCUT2D eigenvalue weighted by molar-refractivity contribution is 6.31. The SMILES string of the molecule is CCOC(=O)C1=C(C)N(CC(=O)NCCC(C)C)C(=O)C[C@H]1c1ccccc1Cl. The molecule has 1 aromatic rings. The van der Waals surface area contributed by atoms with Crippen LogP contribution >= 0.6 is 11.6 Å². The lowest BCUT2D eigenvalue weighted by molar-refractivity contribution is -0.141. The molecule has 1 atom stereocenters. The lowest BCUT2D eigenvalue weighted by Gasteiger charge is -2.34. The number of benzene rings is 1. The highest BCUT2D eigenvalue weighted by Crippen LogP contribution is 2.39. The zero-order valence-corrected chi connectivity index (χ0v) is 18.2. The molecule has 0 fully saturated rings. The van der Waals surface area contributed by atoms with Gasteiger partial charge in [-0.05, 0) is 37.8 Å². The third kappa shape index (κ3) is 5.82. The molecule has 0 saturated heterocycles. The molecule has 1 aliphatic heterocycles. The van der Waals surface area contributed by atoms with Gasteiger partial charge in [0.15, 0.2) is 0 Å². The molecule has 6 nitrogen and oxygen atoms in total. The molecule has 0 aliphatic carbocycles. The summed E-state index contributed by atoms with van der Waals surface area (Å²) >= 11 is 6.34. The van der Waals surface area contributed by atoms with E-state index < -0.39 is 11.9 Å². The quantitative estimate of drug-likeness (QED) is 0.651. The van der Waals surface area contributed by atoms with Crippen molar-refractivity contribution in [2.24, 2.45) is 5.92 Å². The van der Waals surface area contributed by atoms with Crippen LogP contribution in [0.15, 0.2) is 35.5 Å². The van der Waals surface area contributed by atoms with Gasteiger partial charge in [0.05, 0.1) is 12.2 Å². The molecule has 1 N–H and O–H groups in total. The Morgan fingerprint density at radius 1 is 1.31 bits per heavy atom. The number of carbonyl (C=O) groups excluding carboxylic acids is 3. The highest BCUT2D eigenvalue weighted by Gasteiger charge is 2.38. The minimum absolute atomic E-state index is 0.0501. The Kier molecular flexibility index (Phi) is 8.26. The fraction of sp³-hybridized carbons (Fsp3) is 0.500. The lowest BCUT2D eigenvalue weighted by Crippen LogP contribution is -2.44. The van der Waals surface area contributed by atoms with Crippen molar-refractivity contribution in [3.05, 3.63) is 46.1 Å². The summed E-state index contributed by atoms with van der Waals surface area (Å²) in [5, 5.41) is 3.32. The van der Waals surface area contributed by atoms with Crippen LogP contribution < -0.4 is 5.32 Å². The summed E-state index contributed by atoms with van der Waals surface area (Å²) in [7, 11) is 0. The van der Waals surface area contributed by atoms with Gasteiger partial charge in [-0.2, -0.15) is 0 Å². The first-order valence-electron chi connectivity index (χ1n) is 9.95. The van der Waals surface area contributed by atoms with E-state index in [1.54, 1.807) is 32.0 Å². The van der Waals surface area contributed by atoms with Crippen molar-refractivity contribution < 1.29 is 19.1 Å². The van der Waals surface area contributed by atoms with E-state index in [4.69, 9.17) is 16.3 Å². The standard InChI is InChI=1S/C22H29ClN2O4/c1-5-29-22(28)21-15(4)25(13-19(26)24-11-10-14(2)3)20(27)12-17(21)16-8-6-7-9-18(16)23/h6-9,14,17H,5,10-13H2,1-4H3,(H,24,26)/t17-/m0/s1. The van der Waals surface area contributed by atoms with Crippen LogP contribution in [0.2, 0.25) is 5.02 Å². The van der Waals surface area contributed by atoms with E-state index in [1.807, 2.05) is 6.07 Å². The van der Waals surface area contributed by atoms with Gasteiger partial charge >= 0.3 is 5.97 Å². The summed E-state index contributed by atoms with van der Waals surface area (Å²) in [6.07, 6.45) is 0.908. The first-order valence-corrected chi connectivity index (χ1v) is 10.3. The van der Waals surface area contributed by atoms with Crippen LogP contribution in [0.5, 0.6) is 0 Å². The first kappa shape index (κ1) is 22.9. The van der Waals surface area contributed by atoms with Crippen LogP contribution in [-0.2, 0) is 19.1 Å². The van der Waals surface area contributed by atoms with Gasteiger partial charge in [-0.3, -0.25) is 9.59 Å². The molecule has 1 heterocycles. The topological polar surface area (TPSA) is 75.7 Å². The maximum absolute atomic E-state index is 12.9. The largest absolute Gasteiger partial charge is 0.463 e. The number of nitrogens with one attached hydrogen (secondary N) is 1. The average molecular weight is 421 g/mol. The van der Waals surface area contributed by atoms with Gasteiger partial charge in [0.25, 0.3) is 0 Å². The molecule has 0 radical (unpaired) electrons. The number of hydrogen-bond donors (Lipinski definition) is 1. The van der Waals surface area contributed by atoms with Crippen molar-refractivity contribution in [3.63, 3.8) is 0 Å². The molecule has 158 valence electrons. The maximum Gasteiger partial charge on any atom is 0.336 e. The molecular weight excluding hydrogens is 392 g/mol. The number of allylic oxidation sites excluding steroid dienone is 1. The summed E-state index contributed by atoms with van der Waals surface area (Å²) in [4.78, 5) is 39.3. The third-order valence-corrected chi connectivity index (χ3v) is 5.29. The Morgan fingerprint density at radius 3 is 2.62 bits per heavy atom. The van der Waals surface area contributed by atoms with E-state index in [9.17, 15) is 14.4 Å². The van der Waals surface area contributed by atoms with Crippen molar-refractivity contribution in [1.82, 2.24) is 10.2 Å². The highest BCUT2D eigenvalue weighted by atomic mass is 35.5. The number of nitrogens with zero attached hydrogens (tertiary/aromatic N) is 1. The molecule has 2 rings (SSSR count). The summed E-state index contributed by atoms with van der Waals surface area (Å²) < 4.78 is 5.24. The Balaban J connectivity index is 2.33. The number of ether oxygens (including phenoxy) is 1. The summed E-state index contributed by atoms with van der Waals surface area (Å²) in [6, 6.07) is 7.15. The second-order valence-corrected chi connectivity index (χ2v) is 7.92. The molecule has 0 saturated carbocycles. The summed E-state index contributed by atoms with van der Waals surface area (Å²) in [5.74, 6) is -0.999. The van der Waals surface area contributed by atoms with Crippen LogP contribution in [-0.4, -0.2) is 42.4 Å². The van der Waals surface area contributed by atoms with Gasteiger partial charge in [-0.15, -0.1) is 0 Å². The number of amides is 2. The average Bonchev–Trinajstić information content (AvgIpc) is 2.65. The molecule has 0 unspecified atom stereocenters. The van der Waals surface area contributed by atoms with Gasteiger partial charge in [0.2, 0.25) is 11.8 Å². The number of hydrogen-bond acceptors (Lipinski definition) is 4. The van der Waals surface area contributed by atoms with E-state index in [1.165, 1.54) is 4.90 Å². The van der Waals surface area contributed by atoms with E-state index in [0.717, 1.165) is 6.42 Å². The normalized spacial score (nSPS) is 17.0. The molecule has 0 spiro atoms. The molecule has 2 amide bonds. The van der Waals surface area contributed by atoms with Crippen LogP contribution in [0.4, 0.5) is 0 Å². The molecule has 29 heavy (non-hydrogen) atoms. The van der Waals surface area contributed by atoms with E-state index in [2.05, 4.69) is 19.2 Å². The zero-order valence-electron chi connectivity index (χ0n) is 17.5. The van der Waals surface area contributed by atoms with Crippen LogP contribution in [0.1, 0.15) is 52.0 Å². The van der Waals surface area contributed by atoms with Gasteiger partial charge < -0.3 is 15.0 Å². The number of halogens is 1. The Morgan fingerprint density at radius 2 is 2.00 bits per heavy atom. The Bertz CT molecular complexity index is 804. The minimum Gasteiger partial charge on any atom is -0.463 e. The monoisotopic (exact) mass is 420 g/mol. The van der Waals surface area contributed by atoms with E-state index in [0.29, 0.717) is 34.3 Å². The predicted octanol–water partition coefficient (Wildman–Crippen LogP) is 3.66. The Hall–Kier alpha value is -2.34. The van der Waals surface area contributed by atoms with E-state index in [-0.39, 0.29) is 31.4 Å². The molecule has 0 bridgehead atoms. The smallest absolute Gasteiger partial charge is 0.336 e. The van der Waals surface area contributed by atoms with Crippen molar-refractivity contribution in [2.75, 3.05) is 19.7 Å². The van der Waals surface area contributed by atoms with Crippen molar-refractivity contribution in [1.29, 1.82) is 0 Å². The van der Waals surface area contributed by atoms with Gasteiger partial charge in [0, 0.05) is 29.6 Å². The van der Waals surface area contributed by atoms with E-state index >= 15 is 0 Å². The minimum atomic E-state index is -0.504. The van der Waals surface area contributed by atoms with Crippen molar-refractivity contribution in [2.45, 2.75) is 46.5 Å². The van der Waals surface area contributed by atoms with Crippen LogP contribution in [0, 0.1) is 5.92 Å².